The van der Waals surface area contributed by atoms with E-state index < -0.39 is 0 Å². The van der Waals surface area contributed by atoms with Gasteiger partial charge in [0, 0.05) is 31.6 Å². The first-order valence-electron chi connectivity index (χ1n) is 9.32. The van der Waals surface area contributed by atoms with Crippen molar-refractivity contribution in [2.75, 3.05) is 25.0 Å². The molecule has 26 heavy (non-hydrogen) atoms. The topological polar surface area (TPSA) is 80.5 Å². The van der Waals surface area contributed by atoms with Crippen molar-refractivity contribution < 1.29 is 14.1 Å². The van der Waals surface area contributed by atoms with Gasteiger partial charge in [0.05, 0.1) is 12.7 Å². The average molecular weight is 356 g/mol. The summed E-state index contributed by atoms with van der Waals surface area (Å²) >= 11 is 0. The van der Waals surface area contributed by atoms with Crippen molar-refractivity contribution in [3.63, 3.8) is 0 Å². The Labute approximate surface area is 152 Å². The number of carbonyl (C=O) groups excluding carboxylic acids is 1. The predicted octanol–water partition coefficient (Wildman–Crippen LogP) is 2.60. The van der Waals surface area contributed by atoms with Gasteiger partial charge in [-0.05, 0) is 42.5 Å². The van der Waals surface area contributed by atoms with E-state index in [0.29, 0.717) is 44.3 Å². The molecule has 2 aliphatic rings. The van der Waals surface area contributed by atoms with Crippen molar-refractivity contribution in [2.24, 2.45) is 0 Å². The molecule has 7 heteroatoms. The first-order valence-corrected chi connectivity index (χ1v) is 9.32. The summed E-state index contributed by atoms with van der Waals surface area (Å²) in [7, 11) is 0. The summed E-state index contributed by atoms with van der Waals surface area (Å²) in [5.74, 6) is 1.26. The smallest absolute Gasteiger partial charge is 0.322 e. The minimum absolute atomic E-state index is 0.0846. The molecular weight excluding hydrogens is 332 g/mol. The lowest BCUT2D eigenvalue weighted by Gasteiger charge is -2.32. The van der Waals surface area contributed by atoms with Gasteiger partial charge in [-0.25, -0.2) is 4.79 Å². The highest BCUT2D eigenvalue weighted by molar-refractivity contribution is 5.89. The number of aryl methyl sites for hydroxylation is 3. The fourth-order valence-electron chi connectivity index (χ4n) is 3.60. The number of amides is 2. The summed E-state index contributed by atoms with van der Waals surface area (Å²) in [6.45, 7) is 3.59. The lowest BCUT2D eigenvalue weighted by Crippen LogP contribution is -2.48. The Kier molecular flexibility index (Phi) is 4.88. The number of morpholine rings is 1. The Bertz CT molecular complexity index is 789. The maximum atomic E-state index is 12.6. The van der Waals surface area contributed by atoms with E-state index in [2.05, 4.69) is 27.6 Å². The van der Waals surface area contributed by atoms with Crippen LogP contribution in [0, 0.1) is 0 Å². The number of rotatable bonds is 4. The second kappa shape index (κ2) is 7.45. The number of hydrogen-bond donors (Lipinski definition) is 1. The zero-order chi connectivity index (χ0) is 17.9. The Morgan fingerprint density at radius 2 is 2.23 bits per heavy atom. The van der Waals surface area contributed by atoms with E-state index in [1.165, 1.54) is 17.5 Å². The quantitative estimate of drug-likeness (QED) is 0.911. The maximum Gasteiger partial charge on any atom is 0.322 e. The zero-order valence-corrected chi connectivity index (χ0v) is 15.0. The molecular formula is C19H24N4O3. The molecule has 4 rings (SSSR count). The van der Waals surface area contributed by atoms with Crippen LogP contribution in [0.25, 0.3) is 0 Å². The Morgan fingerprint density at radius 3 is 3.08 bits per heavy atom. The molecule has 0 radical (unpaired) electrons. The van der Waals surface area contributed by atoms with Crippen LogP contribution in [0.4, 0.5) is 10.5 Å². The van der Waals surface area contributed by atoms with Crippen LogP contribution >= 0.6 is 0 Å². The van der Waals surface area contributed by atoms with Crippen molar-refractivity contribution in [3.8, 4) is 0 Å². The molecule has 0 bridgehead atoms. The monoisotopic (exact) mass is 356 g/mol. The normalized spacial score (nSPS) is 19.4. The Hall–Kier alpha value is -2.41. The van der Waals surface area contributed by atoms with Crippen molar-refractivity contribution >= 4 is 11.7 Å². The van der Waals surface area contributed by atoms with E-state index in [4.69, 9.17) is 9.26 Å². The van der Waals surface area contributed by atoms with Crippen LogP contribution < -0.4 is 5.32 Å². The average Bonchev–Trinajstić information content (AvgIpc) is 3.30. The SMILES string of the molecule is CCc1nc(CC2CN(C(=O)Nc3ccc4c(c3)CCC4)CCO2)no1. The van der Waals surface area contributed by atoms with Gasteiger partial charge in [-0.3, -0.25) is 0 Å². The van der Waals surface area contributed by atoms with E-state index >= 15 is 0 Å². The Morgan fingerprint density at radius 1 is 1.35 bits per heavy atom. The molecule has 138 valence electrons. The molecule has 0 spiro atoms. The maximum absolute atomic E-state index is 12.6. The van der Waals surface area contributed by atoms with Gasteiger partial charge >= 0.3 is 6.03 Å². The molecule has 2 heterocycles. The van der Waals surface area contributed by atoms with Crippen LogP contribution in [0.2, 0.25) is 0 Å². The highest BCUT2D eigenvalue weighted by Crippen LogP contribution is 2.25. The molecule has 1 aromatic carbocycles. The number of carbonyl (C=O) groups is 1. The Balaban J connectivity index is 1.35. The van der Waals surface area contributed by atoms with Gasteiger partial charge in [0.15, 0.2) is 5.82 Å². The molecule has 1 atom stereocenters. The van der Waals surface area contributed by atoms with E-state index in [1.807, 2.05) is 13.0 Å². The summed E-state index contributed by atoms with van der Waals surface area (Å²) in [6, 6.07) is 6.13. The number of aromatic nitrogens is 2. The van der Waals surface area contributed by atoms with E-state index in [9.17, 15) is 4.79 Å². The van der Waals surface area contributed by atoms with Crippen LogP contribution in [-0.2, 0) is 30.4 Å². The van der Waals surface area contributed by atoms with Crippen molar-refractivity contribution in [1.82, 2.24) is 15.0 Å². The highest BCUT2D eigenvalue weighted by atomic mass is 16.5. The van der Waals surface area contributed by atoms with Gasteiger partial charge in [0.25, 0.3) is 0 Å². The summed E-state index contributed by atoms with van der Waals surface area (Å²) in [6.07, 6.45) is 4.60. The lowest BCUT2D eigenvalue weighted by molar-refractivity contribution is -0.0125. The van der Waals surface area contributed by atoms with Crippen molar-refractivity contribution in [1.29, 1.82) is 0 Å². The number of anilines is 1. The summed E-state index contributed by atoms with van der Waals surface area (Å²) < 4.78 is 10.9. The summed E-state index contributed by atoms with van der Waals surface area (Å²) in [5, 5.41) is 6.99. The molecule has 1 aliphatic carbocycles. The van der Waals surface area contributed by atoms with Crippen molar-refractivity contribution in [2.45, 2.75) is 45.1 Å². The minimum Gasteiger partial charge on any atom is -0.374 e. The molecule has 2 amide bonds. The van der Waals surface area contributed by atoms with Crippen LogP contribution in [0.15, 0.2) is 22.7 Å². The standard InChI is InChI=1S/C19H24N4O3/c1-2-18-21-17(22-26-18)11-16-12-23(8-9-25-16)19(24)20-15-7-6-13-4-3-5-14(13)10-15/h6-7,10,16H,2-5,8-9,11-12H2,1H3,(H,20,24). The third-order valence-corrected chi connectivity index (χ3v) is 5.00. The predicted molar refractivity (Wildman–Crippen MR) is 96.2 cm³/mol. The van der Waals surface area contributed by atoms with Crippen LogP contribution in [0.5, 0.6) is 0 Å². The second-order valence-corrected chi connectivity index (χ2v) is 6.87. The fourth-order valence-corrected chi connectivity index (χ4v) is 3.60. The number of benzene rings is 1. The number of ether oxygens (including phenoxy) is 1. The van der Waals surface area contributed by atoms with Crippen molar-refractivity contribution in [3.05, 3.63) is 41.0 Å². The lowest BCUT2D eigenvalue weighted by atomic mass is 10.1. The number of hydrogen-bond acceptors (Lipinski definition) is 5. The second-order valence-electron chi connectivity index (χ2n) is 6.87. The van der Waals surface area contributed by atoms with Crippen LogP contribution in [-0.4, -0.2) is 46.9 Å². The first-order chi connectivity index (χ1) is 12.7. The van der Waals surface area contributed by atoms with E-state index in [1.54, 1.807) is 4.90 Å². The summed E-state index contributed by atoms with van der Waals surface area (Å²) in [5.41, 5.74) is 3.62. The third-order valence-electron chi connectivity index (χ3n) is 5.00. The number of nitrogens with zero attached hydrogens (tertiary/aromatic N) is 3. The largest absolute Gasteiger partial charge is 0.374 e. The van der Waals surface area contributed by atoms with E-state index in [-0.39, 0.29) is 12.1 Å². The van der Waals surface area contributed by atoms with Gasteiger partial charge in [-0.15, -0.1) is 0 Å². The number of fused-ring (bicyclic) bond motifs is 1. The molecule has 2 aromatic rings. The highest BCUT2D eigenvalue weighted by Gasteiger charge is 2.26. The molecule has 1 unspecified atom stereocenters. The van der Waals surface area contributed by atoms with E-state index in [0.717, 1.165) is 18.5 Å². The third kappa shape index (κ3) is 3.72. The molecule has 7 nitrogen and oxygen atoms in total. The van der Waals surface area contributed by atoms with Crippen LogP contribution in [0.3, 0.4) is 0 Å². The van der Waals surface area contributed by atoms with Crippen LogP contribution in [0.1, 0.15) is 36.2 Å². The molecule has 1 aromatic heterocycles. The zero-order valence-electron chi connectivity index (χ0n) is 15.0. The summed E-state index contributed by atoms with van der Waals surface area (Å²) in [4.78, 5) is 18.7. The van der Waals surface area contributed by atoms with Gasteiger partial charge in [-0.1, -0.05) is 18.1 Å². The van der Waals surface area contributed by atoms with Gasteiger partial charge in [0.2, 0.25) is 5.89 Å². The minimum atomic E-state index is -0.114. The van der Waals surface area contributed by atoms with Gasteiger partial charge < -0.3 is 19.5 Å². The number of urea groups is 1. The molecule has 1 aliphatic heterocycles. The molecule has 1 N–H and O–H groups in total. The molecule has 0 saturated carbocycles. The fraction of sp³-hybridized carbons (Fsp3) is 0.526. The number of nitrogens with one attached hydrogen (secondary N) is 1. The molecule has 1 fully saturated rings. The van der Waals surface area contributed by atoms with Gasteiger partial charge in [0.1, 0.15) is 0 Å². The molecule has 1 saturated heterocycles. The first kappa shape index (κ1) is 17.0. The van der Waals surface area contributed by atoms with Gasteiger partial charge in [-0.2, -0.15) is 4.98 Å².